The van der Waals surface area contributed by atoms with Crippen LogP contribution in [0.4, 0.5) is 5.82 Å². The zero-order valence-electron chi connectivity index (χ0n) is 11.0. The van der Waals surface area contributed by atoms with Crippen LogP contribution in [0.3, 0.4) is 0 Å². The van der Waals surface area contributed by atoms with Gasteiger partial charge in [-0.05, 0) is 25.2 Å². The molecule has 0 spiro atoms. The van der Waals surface area contributed by atoms with Crippen molar-refractivity contribution in [1.29, 1.82) is 0 Å². The molecule has 0 aromatic carbocycles. The van der Waals surface area contributed by atoms with E-state index in [1.54, 1.807) is 17.0 Å². The number of rotatable bonds is 5. The highest BCUT2D eigenvalue weighted by Gasteiger charge is 2.37. The van der Waals surface area contributed by atoms with E-state index >= 15 is 0 Å². The van der Waals surface area contributed by atoms with Crippen molar-refractivity contribution in [3.63, 3.8) is 0 Å². The summed E-state index contributed by atoms with van der Waals surface area (Å²) in [5, 5.41) is 12.5. The number of hydrogen-bond acceptors (Lipinski definition) is 4. The fourth-order valence-electron chi connectivity index (χ4n) is 2.25. The molecule has 0 aliphatic heterocycles. The molecule has 0 unspecified atom stereocenters. The molecule has 1 aromatic rings. The summed E-state index contributed by atoms with van der Waals surface area (Å²) in [6.07, 6.45) is 6.21. The highest BCUT2D eigenvalue weighted by atomic mass is 16.3. The molecule has 1 aromatic heterocycles. The lowest BCUT2D eigenvalue weighted by Crippen LogP contribution is -2.50. The summed E-state index contributed by atoms with van der Waals surface area (Å²) >= 11 is 0. The molecule has 0 saturated heterocycles. The largest absolute Gasteiger partial charge is 0.394 e. The molecule has 1 heterocycles. The Labute approximate surface area is 107 Å². The molecule has 0 radical (unpaired) electrons. The lowest BCUT2D eigenvalue weighted by Gasteiger charge is -2.41. The molecule has 18 heavy (non-hydrogen) atoms. The molecular weight excluding hydrogens is 230 g/mol. The molecule has 5 heteroatoms. The third-order valence-corrected chi connectivity index (χ3v) is 3.47. The minimum absolute atomic E-state index is 0.0488. The van der Waals surface area contributed by atoms with Crippen LogP contribution in [0.15, 0.2) is 17.2 Å². The number of hydrogen-bond donors (Lipinski definition) is 2. The summed E-state index contributed by atoms with van der Waals surface area (Å²) in [5.74, 6) is 0.764. The van der Waals surface area contributed by atoms with Gasteiger partial charge in [-0.3, -0.25) is 4.79 Å². The molecule has 0 bridgehead atoms. The standard InChI is InChI=1S/C13H21N3O2/c1-10(2)8-16-7-6-14-11(12(16)18)15-13(9-17)4-3-5-13/h6-7,10,17H,3-5,8-9H2,1-2H3,(H,14,15). The predicted molar refractivity (Wildman–Crippen MR) is 70.6 cm³/mol. The summed E-state index contributed by atoms with van der Waals surface area (Å²) < 4.78 is 1.67. The Morgan fingerprint density at radius 3 is 2.78 bits per heavy atom. The van der Waals surface area contributed by atoms with Crippen LogP contribution in [0.2, 0.25) is 0 Å². The Morgan fingerprint density at radius 2 is 2.28 bits per heavy atom. The van der Waals surface area contributed by atoms with Gasteiger partial charge < -0.3 is 15.0 Å². The summed E-state index contributed by atoms with van der Waals surface area (Å²) in [4.78, 5) is 16.3. The van der Waals surface area contributed by atoms with E-state index in [1.165, 1.54) is 0 Å². The fourth-order valence-corrected chi connectivity index (χ4v) is 2.25. The normalized spacial score (nSPS) is 17.6. The highest BCUT2D eigenvalue weighted by molar-refractivity contribution is 5.36. The molecule has 2 rings (SSSR count). The zero-order chi connectivity index (χ0) is 13.2. The summed E-state index contributed by atoms with van der Waals surface area (Å²) in [7, 11) is 0. The Morgan fingerprint density at radius 1 is 1.56 bits per heavy atom. The predicted octanol–water partition coefficient (Wildman–Crippen LogP) is 1.23. The van der Waals surface area contributed by atoms with Gasteiger partial charge in [0.15, 0.2) is 5.82 Å². The Hall–Kier alpha value is -1.36. The monoisotopic (exact) mass is 251 g/mol. The van der Waals surface area contributed by atoms with Gasteiger partial charge in [-0.15, -0.1) is 0 Å². The molecule has 1 aliphatic carbocycles. The SMILES string of the molecule is CC(C)Cn1ccnc(NC2(CO)CCC2)c1=O. The Balaban J connectivity index is 2.21. The number of nitrogens with one attached hydrogen (secondary N) is 1. The van der Waals surface area contributed by atoms with Crippen LogP contribution in [0.25, 0.3) is 0 Å². The topological polar surface area (TPSA) is 67.2 Å². The average molecular weight is 251 g/mol. The lowest BCUT2D eigenvalue weighted by atomic mass is 9.77. The highest BCUT2D eigenvalue weighted by Crippen LogP contribution is 2.33. The minimum Gasteiger partial charge on any atom is -0.394 e. The van der Waals surface area contributed by atoms with Crippen LogP contribution in [0.5, 0.6) is 0 Å². The lowest BCUT2D eigenvalue weighted by molar-refractivity contribution is 0.143. The van der Waals surface area contributed by atoms with E-state index in [9.17, 15) is 9.90 Å². The van der Waals surface area contributed by atoms with Crippen LogP contribution >= 0.6 is 0 Å². The van der Waals surface area contributed by atoms with Crippen molar-refractivity contribution in [1.82, 2.24) is 9.55 Å². The van der Waals surface area contributed by atoms with Gasteiger partial charge in [0, 0.05) is 18.9 Å². The molecule has 1 fully saturated rings. The molecule has 100 valence electrons. The van der Waals surface area contributed by atoms with Crippen molar-refractivity contribution in [2.24, 2.45) is 5.92 Å². The maximum Gasteiger partial charge on any atom is 0.293 e. The second-order valence-corrected chi connectivity index (χ2v) is 5.54. The van der Waals surface area contributed by atoms with Crippen LogP contribution in [-0.4, -0.2) is 26.8 Å². The third kappa shape index (κ3) is 2.56. The summed E-state index contributed by atoms with van der Waals surface area (Å²) in [6, 6.07) is 0. The van der Waals surface area contributed by atoms with E-state index in [0.717, 1.165) is 19.3 Å². The number of aliphatic hydroxyl groups excluding tert-OH is 1. The van der Waals surface area contributed by atoms with Crippen molar-refractivity contribution in [2.45, 2.75) is 45.2 Å². The first-order chi connectivity index (χ1) is 8.56. The van der Waals surface area contributed by atoms with Gasteiger partial charge >= 0.3 is 0 Å². The minimum atomic E-state index is -0.330. The van der Waals surface area contributed by atoms with Gasteiger partial charge in [0.1, 0.15) is 0 Å². The van der Waals surface area contributed by atoms with E-state index in [-0.39, 0.29) is 17.7 Å². The Bertz CT molecular complexity index is 458. The fraction of sp³-hybridized carbons (Fsp3) is 0.692. The maximum atomic E-state index is 12.2. The summed E-state index contributed by atoms with van der Waals surface area (Å²) in [5.41, 5.74) is -0.436. The molecule has 0 atom stereocenters. The van der Waals surface area contributed by atoms with Crippen LogP contribution in [-0.2, 0) is 6.54 Å². The van der Waals surface area contributed by atoms with E-state index in [2.05, 4.69) is 24.1 Å². The smallest absolute Gasteiger partial charge is 0.293 e. The van der Waals surface area contributed by atoms with Crippen molar-refractivity contribution < 1.29 is 5.11 Å². The first-order valence-electron chi connectivity index (χ1n) is 6.51. The van der Waals surface area contributed by atoms with E-state index in [0.29, 0.717) is 18.3 Å². The van der Waals surface area contributed by atoms with Gasteiger partial charge in [0.05, 0.1) is 12.1 Å². The quantitative estimate of drug-likeness (QED) is 0.826. The van der Waals surface area contributed by atoms with Crippen LogP contribution < -0.4 is 10.9 Å². The third-order valence-electron chi connectivity index (χ3n) is 3.47. The number of nitrogens with zero attached hydrogens (tertiary/aromatic N) is 2. The average Bonchev–Trinajstić information content (AvgIpc) is 2.27. The molecule has 1 aliphatic rings. The van der Waals surface area contributed by atoms with Crippen molar-refractivity contribution in [3.05, 3.63) is 22.7 Å². The molecular formula is C13H21N3O2. The number of aliphatic hydroxyl groups is 1. The second-order valence-electron chi connectivity index (χ2n) is 5.54. The van der Waals surface area contributed by atoms with Crippen molar-refractivity contribution in [2.75, 3.05) is 11.9 Å². The number of anilines is 1. The molecule has 5 nitrogen and oxygen atoms in total. The molecule has 0 amide bonds. The molecule has 1 saturated carbocycles. The van der Waals surface area contributed by atoms with E-state index in [4.69, 9.17) is 0 Å². The van der Waals surface area contributed by atoms with Crippen LogP contribution in [0, 0.1) is 5.92 Å². The number of aromatic nitrogens is 2. The maximum absolute atomic E-state index is 12.2. The van der Waals surface area contributed by atoms with E-state index < -0.39 is 0 Å². The second kappa shape index (κ2) is 5.10. The first kappa shape index (κ1) is 13.1. The van der Waals surface area contributed by atoms with Gasteiger partial charge in [-0.2, -0.15) is 0 Å². The van der Waals surface area contributed by atoms with Gasteiger partial charge in [-0.25, -0.2) is 4.98 Å². The van der Waals surface area contributed by atoms with Crippen molar-refractivity contribution >= 4 is 5.82 Å². The van der Waals surface area contributed by atoms with Gasteiger partial charge in [0.2, 0.25) is 0 Å². The van der Waals surface area contributed by atoms with Gasteiger partial charge in [0.25, 0.3) is 5.56 Å². The Kier molecular flexibility index (Phi) is 3.71. The zero-order valence-corrected chi connectivity index (χ0v) is 11.0. The first-order valence-corrected chi connectivity index (χ1v) is 6.51. The molecule has 2 N–H and O–H groups in total. The van der Waals surface area contributed by atoms with E-state index in [1.807, 2.05) is 0 Å². The van der Waals surface area contributed by atoms with Crippen molar-refractivity contribution in [3.8, 4) is 0 Å². The van der Waals surface area contributed by atoms with Crippen LogP contribution in [0.1, 0.15) is 33.1 Å². The summed E-state index contributed by atoms with van der Waals surface area (Å²) in [6.45, 7) is 4.87. The van der Waals surface area contributed by atoms with Gasteiger partial charge in [-0.1, -0.05) is 13.8 Å².